The van der Waals surface area contributed by atoms with Crippen LogP contribution >= 0.6 is 0 Å². The highest BCUT2D eigenvalue weighted by atomic mass is 14.8. The van der Waals surface area contributed by atoms with E-state index in [4.69, 9.17) is 0 Å². The minimum Gasteiger partial charge on any atom is -0.391 e. The summed E-state index contributed by atoms with van der Waals surface area (Å²) in [5.41, 5.74) is 3.89. The Bertz CT molecular complexity index is 274. The first-order valence-corrected chi connectivity index (χ1v) is 5.52. The van der Waals surface area contributed by atoms with E-state index in [0.717, 1.165) is 12.8 Å². The summed E-state index contributed by atoms with van der Waals surface area (Å²) in [6.45, 7) is 10.1. The van der Waals surface area contributed by atoms with Crippen LogP contribution in [0.15, 0.2) is 47.7 Å². The molecule has 0 saturated heterocycles. The Hall–Kier alpha value is -1.24. The van der Waals surface area contributed by atoms with Crippen molar-refractivity contribution < 1.29 is 0 Å². The zero-order valence-corrected chi connectivity index (χ0v) is 10.4. The van der Waals surface area contributed by atoms with Crippen LogP contribution in [0.4, 0.5) is 0 Å². The zero-order chi connectivity index (χ0) is 11.7. The summed E-state index contributed by atoms with van der Waals surface area (Å²) in [6.07, 6.45) is 10.3. The normalized spacial score (nSPS) is 14.0. The Morgan fingerprint density at radius 1 is 1.40 bits per heavy atom. The number of hydrogen-bond donors (Lipinski definition) is 1. The molecule has 0 heterocycles. The lowest BCUT2D eigenvalue weighted by atomic mass is 10.0. The van der Waals surface area contributed by atoms with Gasteiger partial charge in [-0.05, 0) is 37.8 Å². The maximum absolute atomic E-state index is 3.71. The van der Waals surface area contributed by atoms with Crippen LogP contribution in [-0.2, 0) is 0 Å². The minimum absolute atomic E-state index is 0.918. The summed E-state index contributed by atoms with van der Waals surface area (Å²) in [4.78, 5) is 0. The monoisotopic (exact) mass is 205 g/mol. The van der Waals surface area contributed by atoms with Crippen LogP contribution in [0.5, 0.6) is 0 Å². The van der Waals surface area contributed by atoms with Gasteiger partial charge >= 0.3 is 0 Å². The average molecular weight is 205 g/mol. The van der Waals surface area contributed by atoms with Gasteiger partial charge in [-0.3, -0.25) is 0 Å². The van der Waals surface area contributed by atoms with Gasteiger partial charge in [0.2, 0.25) is 0 Å². The first-order valence-electron chi connectivity index (χ1n) is 5.52. The molecular weight excluding hydrogens is 182 g/mol. The highest BCUT2D eigenvalue weighted by Crippen LogP contribution is 2.17. The first-order chi connectivity index (χ1) is 7.21. The van der Waals surface area contributed by atoms with E-state index in [9.17, 15) is 0 Å². The molecule has 0 spiro atoms. The second-order valence-electron chi connectivity index (χ2n) is 3.39. The third-order valence-corrected chi connectivity index (χ3v) is 2.43. The fourth-order valence-corrected chi connectivity index (χ4v) is 1.41. The molecule has 0 amide bonds. The molecular formula is C14H23N. The first kappa shape index (κ1) is 13.8. The van der Waals surface area contributed by atoms with Gasteiger partial charge in [0.05, 0.1) is 0 Å². The van der Waals surface area contributed by atoms with Crippen LogP contribution < -0.4 is 5.32 Å². The lowest BCUT2D eigenvalue weighted by molar-refractivity contribution is 0.885. The van der Waals surface area contributed by atoms with Crippen LogP contribution in [0, 0.1) is 0 Å². The van der Waals surface area contributed by atoms with E-state index in [1.165, 1.54) is 16.8 Å². The SMILES string of the molecule is C=CC\C=C/C(C(/C)=C\C)=C(\CC)NC. The van der Waals surface area contributed by atoms with Gasteiger partial charge in [-0.15, -0.1) is 6.58 Å². The van der Waals surface area contributed by atoms with Crippen molar-refractivity contribution in [1.82, 2.24) is 5.32 Å². The van der Waals surface area contributed by atoms with Crippen LogP contribution in [-0.4, -0.2) is 7.05 Å². The molecule has 1 N–H and O–H groups in total. The fourth-order valence-electron chi connectivity index (χ4n) is 1.41. The number of hydrogen-bond acceptors (Lipinski definition) is 1. The van der Waals surface area contributed by atoms with Gasteiger partial charge in [0.25, 0.3) is 0 Å². The molecule has 15 heavy (non-hydrogen) atoms. The van der Waals surface area contributed by atoms with Crippen molar-refractivity contribution in [3.63, 3.8) is 0 Å². The molecule has 1 nitrogen and oxygen atoms in total. The summed E-state index contributed by atoms with van der Waals surface area (Å²) in [5.74, 6) is 0. The van der Waals surface area contributed by atoms with Crippen LogP contribution in [0.25, 0.3) is 0 Å². The molecule has 0 rings (SSSR count). The Morgan fingerprint density at radius 2 is 2.07 bits per heavy atom. The van der Waals surface area contributed by atoms with Gasteiger partial charge in [-0.1, -0.05) is 31.2 Å². The van der Waals surface area contributed by atoms with Crippen molar-refractivity contribution in [2.45, 2.75) is 33.6 Å². The molecule has 84 valence electrons. The van der Waals surface area contributed by atoms with Crippen molar-refractivity contribution in [3.05, 3.63) is 47.7 Å². The average Bonchev–Trinajstić information content (AvgIpc) is 2.27. The fraction of sp³-hybridized carbons (Fsp3) is 0.429. The predicted molar refractivity (Wildman–Crippen MR) is 69.8 cm³/mol. The van der Waals surface area contributed by atoms with Crippen LogP contribution in [0.1, 0.15) is 33.6 Å². The molecule has 0 fully saturated rings. The molecule has 0 atom stereocenters. The van der Waals surface area contributed by atoms with E-state index in [1.807, 2.05) is 13.1 Å². The Kier molecular flexibility index (Phi) is 7.43. The third-order valence-electron chi connectivity index (χ3n) is 2.43. The summed E-state index contributed by atoms with van der Waals surface area (Å²) < 4.78 is 0. The van der Waals surface area contributed by atoms with E-state index in [-0.39, 0.29) is 0 Å². The quantitative estimate of drug-likeness (QED) is 0.511. The van der Waals surface area contributed by atoms with E-state index < -0.39 is 0 Å². The minimum atomic E-state index is 0.918. The van der Waals surface area contributed by atoms with E-state index >= 15 is 0 Å². The second-order valence-corrected chi connectivity index (χ2v) is 3.39. The van der Waals surface area contributed by atoms with E-state index in [2.05, 4.69) is 50.9 Å². The van der Waals surface area contributed by atoms with Crippen molar-refractivity contribution in [1.29, 1.82) is 0 Å². The topological polar surface area (TPSA) is 12.0 Å². The summed E-state index contributed by atoms with van der Waals surface area (Å²) in [7, 11) is 1.98. The van der Waals surface area contributed by atoms with Crippen molar-refractivity contribution >= 4 is 0 Å². The van der Waals surface area contributed by atoms with Crippen LogP contribution in [0.3, 0.4) is 0 Å². The number of rotatable bonds is 6. The molecule has 0 aliphatic rings. The zero-order valence-electron chi connectivity index (χ0n) is 10.4. The molecule has 1 heteroatoms. The maximum Gasteiger partial charge on any atom is 0.0177 e. The largest absolute Gasteiger partial charge is 0.391 e. The third kappa shape index (κ3) is 4.68. The Balaban J connectivity index is 5.03. The molecule has 0 aromatic rings. The van der Waals surface area contributed by atoms with Gasteiger partial charge < -0.3 is 5.32 Å². The number of allylic oxidation sites excluding steroid dienone is 7. The maximum atomic E-state index is 3.71. The summed E-state index contributed by atoms with van der Waals surface area (Å²) in [5, 5.41) is 3.26. The number of nitrogens with one attached hydrogen (secondary N) is 1. The van der Waals surface area contributed by atoms with Gasteiger partial charge in [0, 0.05) is 12.7 Å². The van der Waals surface area contributed by atoms with Gasteiger partial charge in [-0.2, -0.15) is 0 Å². The summed E-state index contributed by atoms with van der Waals surface area (Å²) in [6, 6.07) is 0. The van der Waals surface area contributed by atoms with Crippen molar-refractivity contribution in [2.24, 2.45) is 0 Å². The molecule has 0 radical (unpaired) electrons. The van der Waals surface area contributed by atoms with Gasteiger partial charge in [0.15, 0.2) is 0 Å². The smallest absolute Gasteiger partial charge is 0.0177 e. The second kappa shape index (κ2) is 8.10. The molecule has 0 aromatic carbocycles. The Morgan fingerprint density at radius 3 is 2.47 bits per heavy atom. The van der Waals surface area contributed by atoms with E-state index in [0.29, 0.717) is 0 Å². The van der Waals surface area contributed by atoms with Crippen molar-refractivity contribution in [3.8, 4) is 0 Å². The highest BCUT2D eigenvalue weighted by Gasteiger charge is 2.01. The Labute approximate surface area is 94.3 Å². The van der Waals surface area contributed by atoms with Crippen molar-refractivity contribution in [2.75, 3.05) is 7.05 Å². The molecule has 0 aromatic heterocycles. The van der Waals surface area contributed by atoms with Gasteiger partial charge in [0.1, 0.15) is 0 Å². The van der Waals surface area contributed by atoms with E-state index in [1.54, 1.807) is 0 Å². The highest BCUT2D eigenvalue weighted by molar-refractivity contribution is 5.41. The molecule has 0 saturated carbocycles. The molecule has 0 aliphatic heterocycles. The molecule has 0 bridgehead atoms. The van der Waals surface area contributed by atoms with Gasteiger partial charge in [-0.25, -0.2) is 0 Å². The molecule has 0 unspecified atom stereocenters. The standard InChI is InChI=1S/C14H23N/c1-6-9-10-11-13(12(4)7-2)14(8-3)15-5/h6-7,10-11,15H,1,8-9H2,2-5H3/b11-10-,12-7-,14-13-. The lowest BCUT2D eigenvalue weighted by Gasteiger charge is -2.11. The predicted octanol–water partition coefficient (Wildman–Crippen LogP) is 3.97. The molecule has 0 aliphatic carbocycles. The lowest BCUT2D eigenvalue weighted by Crippen LogP contribution is -2.08. The van der Waals surface area contributed by atoms with Crippen LogP contribution in [0.2, 0.25) is 0 Å². The summed E-state index contributed by atoms with van der Waals surface area (Å²) >= 11 is 0.